The van der Waals surface area contributed by atoms with Gasteiger partial charge in [0.15, 0.2) is 0 Å². The SMILES string of the molecule is C=C(C)C(=O)OCC(O)CS(=O)(=O)O.[H-].[Na+]. The third-order valence-electron chi connectivity index (χ3n) is 1.16. The van der Waals surface area contributed by atoms with Crippen molar-refractivity contribution in [3.05, 3.63) is 12.2 Å². The van der Waals surface area contributed by atoms with Crippen molar-refractivity contribution < 1.29 is 58.6 Å². The van der Waals surface area contributed by atoms with E-state index in [4.69, 9.17) is 9.66 Å². The monoisotopic (exact) mass is 248 g/mol. The number of aliphatic hydroxyl groups excluding tert-OH is 1. The van der Waals surface area contributed by atoms with E-state index in [9.17, 15) is 13.2 Å². The van der Waals surface area contributed by atoms with Crippen molar-refractivity contribution in [2.45, 2.75) is 13.0 Å². The molecule has 6 nitrogen and oxygen atoms in total. The van der Waals surface area contributed by atoms with Gasteiger partial charge in [-0.1, -0.05) is 6.58 Å². The van der Waals surface area contributed by atoms with Crippen LogP contribution in [0, 0.1) is 0 Å². The molecule has 0 spiro atoms. The molecule has 0 aliphatic rings. The Morgan fingerprint density at radius 2 is 2.07 bits per heavy atom. The molecule has 0 saturated carbocycles. The number of ether oxygens (including phenoxy) is 1. The molecule has 1 unspecified atom stereocenters. The second kappa shape index (κ2) is 7.37. The van der Waals surface area contributed by atoms with Crippen LogP contribution in [-0.4, -0.2) is 42.5 Å². The van der Waals surface area contributed by atoms with Crippen LogP contribution < -0.4 is 29.6 Å². The third-order valence-corrected chi connectivity index (χ3v) is 1.96. The maximum absolute atomic E-state index is 10.8. The van der Waals surface area contributed by atoms with Crippen molar-refractivity contribution in [1.29, 1.82) is 0 Å². The number of carbonyl (C=O) groups is 1. The molecular formula is C7H13NaO6S. The van der Waals surface area contributed by atoms with E-state index < -0.39 is 34.6 Å². The van der Waals surface area contributed by atoms with Crippen molar-refractivity contribution >= 4 is 16.1 Å². The van der Waals surface area contributed by atoms with Gasteiger partial charge in [-0.15, -0.1) is 0 Å². The number of carbonyl (C=O) groups excluding carboxylic acids is 1. The van der Waals surface area contributed by atoms with Gasteiger partial charge in [-0.2, -0.15) is 8.42 Å². The van der Waals surface area contributed by atoms with Crippen LogP contribution in [0.5, 0.6) is 0 Å². The van der Waals surface area contributed by atoms with E-state index in [1.54, 1.807) is 0 Å². The van der Waals surface area contributed by atoms with Gasteiger partial charge in [0, 0.05) is 5.57 Å². The summed E-state index contributed by atoms with van der Waals surface area (Å²) in [4.78, 5) is 10.8. The van der Waals surface area contributed by atoms with E-state index in [2.05, 4.69) is 11.3 Å². The van der Waals surface area contributed by atoms with Crippen molar-refractivity contribution in [1.82, 2.24) is 0 Å². The van der Waals surface area contributed by atoms with E-state index in [1.807, 2.05) is 0 Å². The number of hydrogen-bond acceptors (Lipinski definition) is 5. The molecule has 84 valence electrons. The summed E-state index contributed by atoms with van der Waals surface area (Å²) >= 11 is 0. The Labute approximate surface area is 112 Å². The number of hydrogen-bond donors (Lipinski definition) is 2. The van der Waals surface area contributed by atoms with Crippen LogP contribution in [0.15, 0.2) is 12.2 Å². The molecule has 0 aromatic carbocycles. The predicted octanol–water partition coefficient (Wildman–Crippen LogP) is -3.53. The first-order valence-electron chi connectivity index (χ1n) is 3.68. The molecule has 1 atom stereocenters. The van der Waals surface area contributed by atoms with Crippen LogP contribution in [0.3, 0.4) is 0 Å². The molecule has 0 saturated heterocycles. The minimum atomic E-state index is -4.26. The van der Waals surface area contributed by atoms with E-state index in [1.165, 1.54) is 6.92 Å². The number of aliphatic hydroxyl groups is 1. The molecule has 8 heteroatoms. The van der Waals surface area contributed by atoms with Crippen molar-refractivity contribution in [2.24, 2.45) is 0 Å². The zero-order chi connectivity index (χ0) is 11.4. The zero-order valence-electron chi connectivity index (χ0n) is 9.63. The summed E-state index contributed by atoms with van der Waals surface area (Å²) in [5.74, 6) is -1.59. The maximum Gasteiger partial charge on any atom is 1.00 e. The standard InChI is InChI=1S/C7H12O6S.Na.H/c1-5(2)7(9)13-3-6(8)4-14(10,11)12;;/h6,8H,1,3-4H2,2H3,(H,10,11,12);;/q;+1;-1. The van der Waals surface area contributed by atoms with Gasteiger partial charge in [-0.05, 0) is 6.92 Å². The van der Waals surface area contributed by atoms with Crippen LogP contribution in [0.4, 0.5) is 0 Å². The minimum absolute atomic E-state index is 0. The van der Waals surface area contributed by atoms with Crippen LogP contribution in [0.25, 0.3) is 0 Å². The molecule has 0 rings (SSSR count). The Bertz CT molecular complexity index is 328. The Kier molecular flexibility index (Phi) is 8.58. The van der Waals surface area contributed by atoms with Gasteiger partial charge in [0.05, 0.1) is 0 Å². The molecule has 2 N–H and O–H groups in total. The van der Waals surface area contributed by atoms with Gasteiger partial charge in [-0.3, -0.25) is 4.55 Å². The Morgan fingerprint density at radius 1 is 1.60 bits per heavy atom. The molecule has 0 heterocycles. The van der Waals surface area contributed by atoms with Crippen LogP contribution >= 0.6 is 0 Å². The molecule has 0 fully saturated rings. The van der Waals surface area contributed by atoms with E-state index in [-0.39, 0.29) is 36.6 Å². The summed E-state index contributed by atoms with van der Waals surface area (Å²) in [5.41, 5.74) is 0.143. The molecule has 0 aliphatic heterocycles. The number of esters is 1. The first-order chi connectivity index (χ1) is 6.22. The molecule has 0 aromatic rings. The molecule has 0 aliphatic carbocycles. The van der Waals surface area contributed by atoms with Crippen LogP contribution in [-0.2, 0) is 19.6 Å². The summed E-state index contributed by atoms with van der Waals surface area (Å²) in [6.07, 6.45) is -1.44. The molecule has 0 aromatic heterocycles. The van der Waals surface area contributed by atoms with Crippen molar-refractivity contribution in [2.75, 3.05) is 12.4 Å². The summed E-state index contributed by atoms with van der Waals surface area (Å²) in [6.45, 7) is 4.20. The number of rotatable bonds is 5. The topological polar surface area (TPSA) is 101 Å². The quantitative estimate of drug-likeness (QED) is 0.226. The smallest absolute Gasteiger partial charge is 1.00 e. The minimum Gasteiger partial charge on any atom is -1.00 e. The average Bonchev–Trinajstić information content (AvgIpc) is 1.96. The van der Waals surface area contributed by atoms with Gasteiger partial charge in [0.2, 0.25) is 0 Å². The fourth-order valence-electron chi connectivity index (χ4n) is 0.586. The fourth-order valence-corrected chi connectivity index (χ4v) is 1.17. The fraction of sp³-hybridized carbons (Fsp3) is 0.571. The second-order valence-electron chi connectivity index (χ2n) is 2.78. The summed E-state index contributed by atoms with van der Waals surface area (Å²) in [6, 6.07) is 0. The largest absolute Gasteiger partial charge is 1.00 e. The van der Waals surface area contributed by atoms with Crippen LogP contribution in [0.1, 0.15) is 8.35 Å². The van der Waals surface area contributed by atoms with Gasteiger partial charge in [-0.25, -0.2) is 4.79 Å². The summed E-state index contributed by atoms with van der Waals surface area (Å²) < 4.78 is 33.3. The summed E-state index contributed by atoms with van der Waals surface area (Å²) in [5, 5.41) is 8.97. The molecule has 0 bridgehead atoms. The van der Waals surface area contributed by atoms with Gasteiger partial charge in [0.25, 0.3) is 10.1 Å². The van der Waals surface area contributed by atoms with E-state index in [0.29, 0.717) is 0 Å². The summed E-state index contributed by atoms with van der Waals surface area (Å²) in [7, 11) is -4.26. The van der Waals surface area contributed by atoms with E-state index >= 15 is 0 Å². The third kappa shape index (κ3) is 10.4. The maximum atomic E-state index is 10.8. The van der Waals surface area contributed by atoms with Gasteiger partial charge < -0.3 is 11.3 Å². The zero-order valence-corrected chi connectivity index (χ0v) is 11.5. The molecular weight excluding hydrogens is 235 g/mol. The second-order valence-corrected chi connectivity index (χ2v) is 4.28. The first kappa shape index (κ1) is 17.5. The Morgan fingerprint density at radius 3 is 2.40 bits per heavy atom. The molecule has 0 radical (unpaired) electrons. The average molecular weight is 248 g/mol. The predicted molar refractivity (Wildman–Crippen MR) is 49.3 cm³/mol. The Balaban J connectivity index is -0.000000845. The van der Waals surface area contributed by atoms with Crippen molar-refractivity contribution in [3.63, 3.8) is 0 Å². The first-order valence-corrected chi connectivity index (χ1v) is 5.29. The molecule has 0 amide bonds. The van der Waals surface area contributed by atoms with E-state index in [0.717, 1.165) is 0 Å². The van der Waals surface area contributed by atoms with Gasteiger partial charge >= 0.3 is 35.5 Å². The molecule has 15 heavy (non-hydrogen) atoms. The van der Waals surface area contributed by atoms with Crippen molar-refractivity contribution in [3.8, 4) is 0 Å². The van der Waals surface area contributed by atoms with Crippen LogP contribution in [0.2, 0.25) is 0 Å². The normalized spacial score (nSPS) is 12.5. The van der Waals surface area contributed by atoms with Gasteiger partial charge in [0.1, 0.15) is 18.5 Å². The Hall–Kier alpha value is 0.0800.